The molecule has 0 atom stereocenters. The normalized spacial score (nSPS) is 15.2. The molecule has 5 rings (SSSR count). The number of amides is 1. The summed E-state index contributed by atoms with van der Waals surface area (Å²) < 4.78 is 5.46. The van der Waals surface area contributed by atoms with Crippen LogP contribution in [0.15, 0.2) is 54.6 Å². The Bertz CT molecular complexity index is 1060. The Hall–Kier alpha value is -3.18. The molecule has 1 saturated heterocycles. The number of rotatable bonds is 3. The SMILES string of the molecule is NC(=O)c1cc(-c2ccccc2)nc2c1Cc1cc(N3CCOCC3)ccc1-2. The topological polar surface area (TPSA) is 68.5 Å². The van der Waals surface area contributed by atoms with Crippen molar-refractivity contribution in [1.29, 1.82) is 0 Å². The number of pyridine rings is 1. The highest BCUT2D eigenvalue weighted by Crippen LogP contribution is 2.40. The van der Waals surface area contributed by atoms with Crippen molar-refractivity contribution >= 4 is 11.6 Å². The maximum Gasteiger partial charge on any atom is 0.249 e. The first-order valence-electron chi connectivity index (χ1n) is 9.56. The van der Waals surface area contributed by atoms with E-state index >= 15 is 0 Å². The summed E-state index contributed by atoms with van der Waals surface area (Å²) >= 11 is 0. The van der Waals surface area contributed by atoms with Crippen molar-refractivity contribution in [2.75, 3.05) is 31.2 Å². The average molecular weight is 371 g/mol. The molecule has 0 radical (unpaired) electrons. The van der Waals surface area contributed by atoms with E-state index in [1.54, 1.807) is 0 Å². The molecule has 0 saturated carbocycles. The van der Waals surface area contributed by atoms with E-state index in [-0.39, 0.29) is 0 Å². The van der Waals surface area contributed by atoms with Gasteiger partial charge < -0.3 is 15.4 Å². The molecule has 5 heteroatoms. The number of fused-ring (bicyclic) bond motifs is 3. The molecular weight excluding hydrogens is 350 g/mol. The lowest BCUT2D eigenvalue weighted by atomic mass is 10.0. The fraction of sp³-hybridized carbons (Fsp3) is 0.217. The van der Waals surface area contributed by atoms with Gasteiger partial charge in [-0.05, 0) is 29.3 Å². The highest BCUT2D eigenvalue weighted by molar-refractivity contribution is 5.98. The summed E-state index contributed by atoms with van der Waals surface area (Å²) in [6.45, 7) is 3.31. The molecule has 0 unspecified atom stereocenters. The summed E-state index contributed by atoms with van der Waals surface area (Å²) in [5.74, 6) is -0.406. The van der Waals surface area contributed by atoms with Crippen LogP contribution in [0.4, 0.5) is 5.69 Å². The molecule has 5 nitrogen and oxygen atoms in total. The number of anilines is 1. The first-order chi connectivity index (χ1) is 13.7. The Morgan fingerprint density at radius 3 is 2.57 bits per heavy atom. The van der Waals surface area contributed by atoms with Crippen molar-refractivity contribution in [3.63, 3.8) is 0 Å². The summed E-state index contributed by atoms with van der Waals surface area (Å²) in [6.07, 6.45) is 0.684. The third-order valence-corrected chi connectivity index (χ3v) is 5.55. The molecule has 2 heterocycles. The number of ether oxygens (including phenoxy) is 1. The quantitative estimate of drug-likeness (QED) is 0.600. The molecule has 28 heavy (non-hydrogen) atoms. The van der Waals surface area contributed by atoms with Gasteiger partial charge in [-0.2, -0.15) is 0 Å². The standard InChI is InChI=1S/C23H21N3O2/c24-23(27)20-14-21(15-4-2-1-3-5-15)25-22-18-7-6-17(12-16(18)13-19(20)22)26-8-10-28-11-9-26/h1-7,12,14H,8-11,13H2,(H2,24,27). The van der Waals surface area contributed by atoms with E-state index in [1.165, 1.54) is 11.3 Å². The van der Waals surface area contributed by atoms with Gasteiger partial charge in [0.05, 0.1) is 24.6 Å². The Labute approximate surface area is 163 Å². The maximum absolute atomic E-state index is 12.2. The van der Waals surface area contributed by atoms with E-state index in [2.05, 4.69) is 23.1 Å². The van der Waals surface area contributed by atoms with Gasteiger partial charge in [0.15, 0.2) is 0 Å². The maximum atomic E-state index is 12.2. The number of primary amides is 1. The van der Waals surface area contributed by atoms with Gasteiger partial charge in [-0.15, -0.1) is 0 Å². The lowest BCUT2D eigenvalue weighted by Crippen LogP contribution is -2.36. The Morgan fingerprint density at radius 2 is 1.82 bits per heavy atom. The van der Waals surface area contributed by atoms with E-state index in [0.717, 1.165) is 54.4 Å². The lowest BCUT2D eigenvalue weighted by molar-refractivity contribution is 0.0999. The first kappa shape index (κ1) is 17.0. The zero-order chi connectivity index (χ0) is 19.1. The molecule has 1 aliphatic carbocycles. The monoisotopic (exact) mass is 371 g/mol. The van der Waals surface area contributed by atoms with Crippen molar-refractivity contribution in [2.45, 2.75) is 6.42 Å². The van der Waals surface area contributed by atoms with Crippen molar-refractivity contribution in [2.24, 2.45) is 5.73 Å². The number of carbonyl (C=O) groups excluding carboxylic acids is 1. The summed E-state index contributed by atoms with van der Waals surface area (Å²) in [5.41, 5.74) is 13.3. The minimum atomic E-state index is -0.406. The number of nitrogens with two attached hydrogens (primary N) is 1. The minimum absolute atomic E-state index is 0.406. The average Bonchev–Trinajstić information content (AvgIpc) is 3.12. The van der Waals surface area contributed by atoms with Crippen molar-refractivity contribution in [3.8, 4) is 22.5 Å². The van der Waals surface area contributed by atoms with Gasteiger partial charge in [0.1, 0.15) is 0 Å². The summed E-state index contributed by atoms with van der Waals surface area (Å²) in [7, 11) is 0. The molecule has 3 aromatic rings. The van der Waals surface area contributed by atoms with E-state index in [4.69, 9.17) is 15.5 Å². The summed E-state index contributed by atoms with van der Waals surface area (Å²) in [5, 5.41) is 0. The number of benzene rings is 2. The van der Waals surface area contributed by atoms with Crippen LogP contribution in [0.3, 0.4) is 0 Å². The van der Waals surface area contributed by atoms with Crippen LogP contribution in [0.2, 0.25) is 0 Å². The lowest BCUT2D eigenvalue weighted by Gasteiger charge is -2.29. The molecule has 2 aromatic carbocycles. The fourth-order valence-electron chi connectivity index (χ4n) is 4.12. The number of nitrogens with zero attached hydrogens (tertiary/aromatic N) is 2. The minimum Gasteiger partial charge on any atom is -0.378 e. The van der Waals surface area contributed by atoms with Gasteiger partial charge >= 0.3 is 0 Å². The molecule has 1 aromatic heterocycles. The number of hydrogen-bond donors (Lipinski definition) is 1. The van der Waals surface area contributed by atoms with Crippen molar-refractivity contribution in [3.05, 3.63) is 71.3 Å². The molecular formula is C23H21N3O2. The Kier molecular flexibility index (Phi) is 4.10. The smallest absolute Gasteiger partial charge is 0.249 e. The molecule has 1 aliphatic heterocycles. The van der Waals surface area contributed by atoms with Crippen LogP contribution in [-0.2, 0) is 11.2 Å². The molecule has 2 N–H and O–H groups in total. The zero-order valence-electron chi connectivity index (χ0n) is 15.5. The summed E-state index contributed by atoms with van der Waals surface area (Å²) in [4.78, 5) is 19.4. The molecule has 1 fully saturated rings. The van der Waals surface area contributed by atoms with Gasteiger partial charge in [-0.25, -0.2) is 4.98 Å². The van der Waals surface area contributed by atoms with Crippen LogP contribution in [0.5, 0.6) is 0 Å². The van der Waals surface area contributed by atoms with Crippen LogP contribution in [-0.4, -0.2) is 37.2 Å². The van der Waals surface area contributed by atoms with Gasteiger partial charge in [-0.3, -0.25) is 4.79 Å². The second-order valence-electron chi connectivity index (χ2n) is 7.23. The van der Waals surface area contributed by atoms with E-state index < -0.39 is 5.91 Å². The highest BCUT2D eigenvalue weighted by atomic mass is 16.5. The Balaban J connectivity index is 1.60. The molecule has 0 bridgehead atoms. The van der Waals surface area contributed by atoms with Gasteiger partial charge in [0.2, 0.25) is 5.91 Å². The van der Waals surface area contributed by atoms with Gasteiger partial charge in [0, 0.05) is 41.9 Å². The molecule has 140 valence electrons. The summed E-state index contributed by atoms with van der Waals surface area (Å²) in [6, 6.07) is 18.2. The van der Waals surface area contributed by atoms with Crippen LogP contribution in [0.1, 0.15) is 21.5 Å². The van der Waals surface area contributed by atoms with Crippen molar-refractivity contribution in [1.82, 2.24) is 4.98 Å². The number of carbonyl (C=O) groups is 1. The highest BCUT2D eigenvalue weighted by Gasteiger charge is 2.27. The second kappa shape index (κ2) is 6.77. The molecule has 1 amide bonds. The predicted molar refractivity (Wildman–Crippen MR) is 109 cm³/mol. The zero-order valence-corrected chi connectivity index (χ0v) is 15.5. The Morgan fingerprint density at radius 1 is 1.04 bits per heavy atom. The number of hydrogen-bond acceptors (Lipinski definition) is 4. The van der Waals surface area contributed by atoms with E-state index in [0.29, 0.717) is 12.0 Å². The van der Waals surface area contributed by atoms with Crippen molar-refractivity contribution < 1.29 is 9.53 Å². The third kappa shape index (κ3) is 2.84. The van der Waals surface area contributed by atoms with Crippen LogP contribution < -0.4 is 10.6 Å². The third-order valence-electron chi connectivity index (χ3n) is 5.55. The molecule has 0 spiro atoms. The van der Waals surface area contributed by atoms with Crippen LogP contribution in [0, 0.1) is 0 Å². The van der Waals surface area contributed by atoms with Crippen LogP contribution in [0.25, 0.3) is 22.5 Å². The number of aromatic nitrogens is 1. The number of morpholine rings is 1. The van der Waals surface area contributed by atoms with Crippen LogP contribution >= 0.6 is 0 Å². The first-order valence-corrected chi connectivity index (χ1v) is 9.56. The van der Waals surface area contributed by atoms with Gasteiger partial charge in [0.25, 0.3) is 0 Å². The molecule has 2 aliphatic rings. The largest absolute Gasteiger partial charge is 0.378 e. The van der Waals surface area contributed by atoms with E-state index in [9.17, 15) is 4.79 Å². The predicted octanol–water partition coefficient (Wildman–Crippen LogP) is 3.26. The fourth-order valence-corrected chi connectivity index (χ4v) is 4.12. The second-order valence-corrected chi connectivity index (χ2v) is 7.23. The van der Waals surface area contributed by atoms with Gasteiger partial charge in [-0.1, -0.05) is 36.4 Å². The van der Waals surface area contributed by atoms with E-state index in [1.807, 2.05) is 36.4 Å².